The van der Waals surface area contributed by atoms with Gasteiger partial charge in [-0.1, -0.05) is 60.7 Å². The molecule has 1 saturated heterocycles. The molecule has 2 aliphatic heterocycles. The largest absolute Gasteiger partial charge is 0.372 e. The van der Waals surface area contributed by atoms with Gasteiger partial charge in [0.2, 0.25) is 0 Å². The van der Waals surface area contributed by atoms with Crippen LogP contribution in [0.1, 0.15) is 59.8 Å². The van der Waals surface area contributed by atoms with Gasteiger partial charge in [-0.2, -0.15) is 0 Å². The van der Waals surface area contributed by atoms with Gasteiger partial charge in [-0.05, 0) is 68.0 Å². The second kappa shape index (κ2) is 10.7. The lowest BCUT2D eigenvalue weighted by Crippen LogP contribution is -2.50. The van der Waals surface area contributed by atoms with Gasteiger partial charge in [0.15, 0.2) is 0 Å². The molecule has 4 nitrogen and oxygen atoms in total. The fraction of sp³-hybridized carbons (Fsp3) is 0.387. The third kappa shape index (κ3) is 4.85. The van der Waals surface area contributed by atoms with E-state index in [0.717, 1.165) is 57.5 Å². The standard InChI is InChI=1S/C31H37N3O/c1-3-32(4-2)28-15-16-29-26(23-28)17-22-34(31(29)35)27-18-20-33(21-19-27)30(24-11-7-5-8-12-24)25-13-9-6-10-14-25/h5-16,23,27,30H,3-4,17-22H2,1-2H3. The summed E-state index contributed by atoms with van der Waals surface area (Å²) in [5.74, 6) is 0.221. The van der Waals surface area contributed by atoms with Crippen molar-refractivity contribution in [3.63, 3.8) is 0 Å². The quantitative estimate of drug-likeness (QED) is 0.440. The maximum Gasteiger partial charge on any atom is 0.254 e. The predicted molar refractivity (Wildman–Crippen MR) is 144 cm³/mol. The Hall–Kier alpha value is -3.11. The van der Waals surface area contributed by atoms with Gasteiger partial charge >= 0.3 is 0 Å². The Morgan fingerprint density at radius 2 is 1.43 bits per heavy atom. The molecule has 0 aliphatic carbocycles. The molecule has 0 atom stereocenters. The van der Waals surface area contributed by atoms with Crippen LogP contribution in [-0.2, 0) is 6.42 Å². The van der Waals surface area contributed by atoms with Gasteiger partial charge < -0.3 is 9.80 Å². The maximum atomic E-state index is 13.5. The van der Waals surface area contributed by atoms with Crippen molar-refractivity contribution < 1.29 is 4.79 Å². The summed E-state index contributed by atoms with van der Waals surface area (Å²) in [6.07, 6.45) is 3.00. The minimum atomic E-state index is 0.221. The van der Waals surface area contributed by atoms with Crippen molar-refractivity contribution in [1.82, 2.24) is 9.80 Å². The molecule has 0 radical (unpaired) electrons. The SMILES string of the molecule is CCN(CC)c1ccc2c(c1)CCN(C1CCN(C(c3ccccc3)c3ccccc3)CC1)C2=O. The van der Waals surface area contributed by atoms with Crippen LogP contribution in [0.2, 0.25) is 0 Å². The number of nitrogens with zero attached hydrogens (tertiary/aromatic N) is 3. The number of piperidine rings is 1. The molecule has 3 aromatic rings. The van der Waals surface area contributed by atoms with Crippen LogP contribution in [0.4, 0.5) is 5.69 Å². The number of amides is 1. The molecule has 2 aliphatic rings. The van der Waals surface area contributed by atoms with E-state index in [9.17, 15) is 4.79 Å². The fourth-order valence-corrected chi connectivity index (χ4v) is 5.97. The Morgan fingerprint density at radius 1 is 0.829 bits per heavy atom. The second-order valence-corrected chi connectivity index (χ2v) is 9.75. The highest BCUT2D eigenvalue weighted by atomic mass is 16.2. The number of anilines is 1. The summed E-state index contributed by atoms with van der Waals surface area (Å²) in [6.45, 7) is 9.17. The summed E-state index contributed by atoms with van der Waals surface area (Å²) in [6, 6.07) is 28.7. The molecule has 0 bridgehead atoms. The van der Waals surface area contributed by atoms with E-state index in [2.05, 4.69) is 107 Å². The summed E-state index contributed by atoms with van der Waals surface area (Å²) in [7, 11) is 0. The molecule has 4 heteroatoms. The Morgan fingerprint density at radius 3 is 2.00 bits per heavy atom. The number of fused-ring (bicyclic) bond motifs is 1. The van der Waals surface area contributed by atoms with E-state index in [4.69, 9.17) is 0 Å². The van der Waals surface area contributed by atoms with Crippen LogP contribution < -0.4 is 4.90 Å². The molecular weight excluding hydrogens is 430 g/mol. The minimum absolute atomic E-state index is 0.221. The summed E-state index contributed by atoms with van der Waals surface area (Å²) < 4.78 is 0. The lowest BCUT2D eigenvalue weighted by atomic mass is 9.91. The topological polar surface area (TPSA) is 26.8 Å². The first-order valence-corrected chi connectivity index (χ1v) is 13.2. The summed E-state index contributed by atoms with van der Waals surface area (Å²) in [4.78, 5) is 20.6. The van der Waals surface area contributed by atoms with E-state index in [-0.39, 0.29) is 11.9 Å². The fourth-order valence-electron chi connectivity index (χ4n) is 5.97. The summed E-state index contributed by atoms with van der Waals surface area (Å²) >= 11 is 0. The molecule has 35 heavy (non-hydrogen) atoms. The van der Waals surface area contributed by atoms with Crippen molar-refractivity contribution in [2.75, 3.05) is 37.6 Å². The van der Waals surface area contributed by atoms with Crippen molar-refractivity contribution in [3.05, 3.63) is 101 Å². The number of rotatable bonds is 7. The maximum absolute atomic E-state index is 13.5. The number of hydrogen-bond donors (Lipinski definition) is 0. The third-order valence-electron chi connectivity index (χ3n) is 7.87. The van der Waals surface area contributed by atoms with Crippen LogP contribution >= 0.6 is 0 Å². The zero-order valence-corrected chi connectivity index (χ0v) is 21.1. The second-order valence-electron chi connectivity index (χ2n) is 9.75. The number of carbonyl (C=O) groups excluding carboxylic acids is 1. The van der Waals surface area contributed by atoms with E-state index in [1.807, 2.05) is 0 Å². The van der Waals surface area contributed by atoms with Crippen LogP contribution in [0, 0.1) is 0 Å². The monoisotopic (exact) mass is 467 g/mol. The molecule has 1 amide bonds. The van der Waals surface area contributed by atoms with Crippen molar-refractivity contribution in [3.8, 4) is 0 Å². The van der Waals surface area contributed by atoms with E-state index < -0.39 is 0 Å². The van der Waals surface area contributed by atoms with Crippen molar-refractivity contribution in [2.24, 2.45) is 0 Å². The Balaban J connectivity index is 1.29. The number of likely N-dealkylation sites (tertiary alicyclic amines) is 1. The smallest absolute Gasteiger partial charge is 0.254 e. The minimum Gasteiger partial charge on any atom is -0.372 e. The number of hydrogen-bond acceptors (Lipinski definition) is 3. The first kappa shape index (κ1) is 23.6. The van der Waals surface area contributed by atoms with Crippen LogP contribution in [0.5, 0.6) is 0 Å². The average Bonchev–Trinajstić information content (AvgIpc) is 2.92. The highest BCUT2D eigenvalue weighted by molar-refractivity contribution is 5.97. The normalized spacial score (nSPS) is 17.0. The van der Waals surface area contributed by atoms with Crippen LogP contribution in [0.25, 0.3) is 0 Å². The molecule has 1 fully saturated rings. The zero-order chi connectivity index (χ0) is 24.2. The van der Waals surface area contributed by atoms with E-state index in [1.54, 1.807) is 0 Å². The highest BCUT2D eigenvalue weighted by Gasteiger charge is 2.34. The van der Waals surface area contributed by atoms with Crippen molar-refractivity contribution >= 4 is 11.6 Å². The molecule has 0 saturated carbocycles. The molecule has 0 N–H and O–H groups in total. The Bertz CT molecular complexity index is 1080. The van der Waals surface area contributed by atoms with E-state index in [1.165, 1.54) is 22.4 Å². The first-order chi connectivity index (χ1) is 17.2. The molecule has 0 aromatic heterocycles. The molecule has 3 aromatic carbocycles. The zero-order valence-electron chi connectivity index (χ0n) is 21.1. The van der Waals surface area contributed by atoms with Gasteiger partial charge in [0.1, 0.15) is 0 Å². The van der Waals surface area contributed by atoms with Gasteiger partial charge in [-0.15, -0.1) is 0 Å². The van der Waals surface area contributed by atoms with Crippen LogP contribution in [0.15, 0.2) is 78.9 Å². The molecular formula is C31H37N3O. The first-order valence-electron chi connectivity index (χ1n) is 13.2. The van der Waals surface area contributed by atoms with E-state index >= 15 is 0 Å². The van der Waals surface area contributed by atoms with Gasteiger partial charge in [-0.25, -0.2) is 0 Å². The van der Waals surface area contributed by atoms with Crippen molar-refractivity contribution in [1.29, 1.82) is 0 Å². The summed E-state index contributed by atoms with van der Waals surface area (Å²) in [5, 5.41) is 0. The highest BCUT2D eigenvalue weighted by Crippen LogP contribution is 2.33. The average molecular weight is 468 g/mol. The Labute approximate surface area is 210 Å². The van der Waals surface area contributed by atoms with Gasteiger partial charge in [0.25, 0.3) is 5.91 Å². The van der Waals surface area contributed by atoms with Crippen LogP contribution in [-0.4, -0.2) is 54.5 Å². The van der Waals surface area contributed by atoms with Crippen LogP contribution in [0.3, 0.4) is 0 Å². The number of benzene rings is 3. The van der Waals surface area contributed by atoms with Gasteiger partial charge in [0, 0.05) is 50.0 Å². The number of carbonyl (C=O) groups is 1. The molecule has 5 rings (SSSR count). The third-order valence-corrected chi connectivity index (χ3v) is 7.87. The molecule has 2 heterocycles. The lowest BCUT2D eigenvalue weighted by molar-refractivity contribution is 0.0524. The van der Waals surface area contributed by atoms with Gasteiger partial charge in [0.05, 0.1) is 6.04 Å². The molecule has 0 spiro atoms. The predicted octanol–water partition coefficient (Wildman–Crippen LogP) is 5.79. The van der Waals surface area contributed by atoms with Crippen molar-refractivity contribution in [2.45, 2.75) is 45.2 Å². The molecule has 182 valence electrons. The lowest BCUT2D eigenvalue weighted by Gasteiger charge is -2.43. The summed E-state index contributed by atoms with van der Waals surface area (Å²) in [5.41, 5.74) is 6.02. The van der Waals surface area contributed by atoms with E-state index in [0.29, 0.717) is 6.04 Å². The van der Waals surface area contributed by atoms with Gasteiger partial charge in [-0.3, -0.25) is 9.69 Å². The molecule has 0 unspecified atom stereocenters. The Kier molecular flexibility index (Phi) is 7.19.